The largest absolute Gasteiger partial charge is 0.352 e. The quantitative estimate of drug-likeness (QED) is 0.792. The Morgan fingerprint density at radius 2 is 2.00 bits per heavy atom. The maximum Gasteiger partial charge on any atom is 0.220 e. The van der Waals surface area contributed by atoms with Crippen molar-refractivity contribution in [2.45, 2.75) is 49.9 Å². The van der Waals surface area contributed by atoms with Crippen LogP contribution in [0, 0.1) is 5.92 Å². The summed E-state index contributed by atoms with van der Waals surface area (Å²) in [5.41, 5.74) is 0. The van der Waals surface area contributed by atoms with Crippen molar-refractivity contribution in [3.63, 3.8) is 0 Å². The van der Waals surface area contributed by atoms with E-state index in [1.165, 1.54) is 24.3 Å². The molecule has 1 amide bonds. The van der Waals surface area contributed by atoms with Crippen molar-refractivity contribution in [2.75, 3.05) is 11.5 Å². The minimum absolute atomic E-state index is 0.158. The lowest BCUT2D eigenvalue weighted by molar-refractivity contribution is -0.122. The lowest BCUT2D eigenvalue weighted by atomic mass is 9.98. The Balaban J connectivity index is 1.70. The summed E-state index contributed by atoms with van der Waals surface area (Å²) in [6.07, 6.45) is 6.37. The number of alkyl halides is 1. The summed E-state index contributed by atoms with van der Waals surface area (Å²) in [7, 11) is 0. The summed E-state index contributed by atoms with van der Waals surface area (Å²) in [4.78, 5) is 11.8. The van der Waals surface area contributed by atoms with Gasteiger partial charge >= 0.3 is 0 Å². The van der Waals surface area contributed by atoms with E-state index in [0.29, 0.717) is 12.3 Å². The first kappa shape index (κ1) is 12.6. The molecule has 0 aromatic heterocycles. The van der Waals surface area contributed by atoms with Gasteiger partial charge in [0.15, 0.2) is 0 Å². The van der Waals surface area contributed by atoms with Crippen LogP contribution in [0.1, 0.15) is 38.5 Å². The van der Waals surface area contributed by atoms with Crippen molar-refractivity contribution < 1.29 is 4.79 Å². The van der Waals surface area contributed by atoms with Crippen molar-refractivity contribution in [3.05, 3.63) is 0 Å². The second kappa shape index (κ2) is 6.15. The van der Waals surface area contributed by atoms with Gasteiger partial charge < -0.3 is 5.32 Å². The highest BCUT2D eigenvalue weighted by atomic mass is 35.5. The predicted molar refractivity (Wildman–Crippen MR) is 70.1 cm³/mol. The molecule has 2 fully saturated rings. The second-order valence-corrected chi connectivity index (χ2v) is 6.67. The van der Waals surface area contributed by atoms with Crippen LogP contribution in [0.4, 0.5) is 0 Å². The van der Waals surface area contributed by atoms with Crippen molar-refractivity contribution in [1.29, 1.82) is 0 Å². The molecule has 2 unspecified atom stereocenters. The van der Waals surface area contributed by atoms with Crippen LogP contribution in [0.3, 0.4) is 0 Å². The zero-order chi connectivity index (χ0) is 11.4. The average molecular weight is 262 g/mol. The van der Waals surface area contributed by atoms with Gasteiger partial charge in [-0.3, -0.25) is 4.79 Å². The fourth-order valence-corrected chi connectivity index (χ4v) is 4.10. The molecule has 1 aliphatic carbocycles. The van der Waals surface area contributed by atoms with Gasteiger partial charge in [0.2, 0.25) is 5.91 Å². The maximum absolute atomic E-state index is 11.8. The summed E-state index contributed by atoms with van der Waals surface area (Å²) in [6, 6.07) is 0.229. The number of carbonyl (C=O) groups is 1. The Kier molecular flexibility index (Phi) is 4.83. The van der Waals surface area contributed by atoms with Gasteiger partial charge in [0, 0.05) is 12.5 Å². The molecule has 0 bridgehead atoms. The summed E-state index contributed by atoms with van der Waals surface area (Å²) in [6.45, 7) is 0. The van der Waals surface area contributed by atoms with Crippen LogP contribution in [0.15, 0.2) is 0 Å². The minimum Gasteiger partial charge on any atom is -0.352 e. The van der Waals surface area contributed by atoms with Crippen LogP contribution in [-0.2, 0) is 4.79 Å². The average Bonchev–Trinajstić information content (AvgIpc) is 2.66. The van der Waals surface area contributed by atoms with E-state index in [2.05, 4.69) is 5.32 Å². The van der Waals surface area contributed by atoms with Crippen molar-refractivity contribution in [2.24, 2.45) is 5.92 Å². The van der Waals surface area contributed by atoms with Crippen LogP contribution >= 0.6 is 23.4 Å². The third-order valence-corrected chi connectivity index (χ3v) is 5.16. The number of hydrogen-bond donors (Lipinski definition) is 1. The molecular formula is C12H20ClNOS. The molecule has 4 heteroatoms. The van der Waals surface area contributed by atoms with Crippen LogP contribution in [0.25, 0.3) is 0 Å². The van der Waals surface area contributed by atoms with E-state index in [4.69, 9.17) is 11.6 Å². The standard InChI is InChI=1S/C12H20ClNOS/c13-10-2-1-3-11(10)14-12(15)8-9-4-6-16-7-5-9/h9-11H,1-8H2,(H,14,15). The normalized spacial score (nSPS) is 31.6. The lowest BCUT2D eigenvalue weighted by Gasteiger charge is -2.22. The molecule has 1 heterocycles. The van der Waals surface area contributed by atoms with E-state index in [-0.39, 0.29) is 17.3 Å². The van der Waals surface area contributed by atoms with Gasteiger partial charge in [0.25, 0.3) is 0 Å². The molecular weight excluding hydrogens is 242 g/mol. The third kappa shape index (κ3) is 3.56. The monoisotopic (exact) mass is 261 g/mol. The smallest absolute Gasteiger partial charge is 0.220 e. The zero-order valence-electron chi connectivity index (χ0n) is 9.58. The highest BCUT2D eigenvalue weighted by Gasteiger charge is 2.27. The van der Waals surface area contributed by atoms with E-state index in [1.807, 2.05) is 11.8 Å². The maximum atomic E-state index is 11.8. The first-order chi connectivity index (χ1) is 7.75. The fraction of sp³-hybridized carbons (Fsp3) is 0.917. The van der Waals surface area contributed by atoms with Gasteiger partial charge in [0.05, 0.1) is 5.38 Å². The number of amides is 1. The number of carbonyl (C=O) groups excluding carboxylic acids is 1. The molecule has 0 aromatic rings. The van der Waals surface area contributed by atoms with Crippen LogP contribution in [0.2, 0.25) is 0 Å². The first-order valence-electron chi connectivity index (χ1n) is 6.27. The molecule has 0 radical (unpaired) electrons. The lowest BCUT2D eigenvalue weighted by Crippen LogP contribution is -2.38. The minimum atomic E-state index is 0.158. The van der Waals surface area contributed by atoms with Crippen LogP contribution in [-0.4, -0.2) is 28.8 Å². The SMILES string of the molecule is O=C(CC1CCSCC1)NC1CCCC1Cl. The Bertz CT molecular complexity index is 243. The van der Waals surface area contributed by atoms with Crippen molar-refractivity contribution in [1.82, 2.24) is 5.32 Å². The number of rotatable bonds is 3. The van der Waals surface area contributed by atoms with E-state index in [1.54, 1.807) is 0 Å². The molecule has 1 N–H and O–H groups in total. The fourth-order valence-electron chi connectivity index (χ4n) is 2.56. The second-order valence-electron chi connectivity index (χ2n) is 4.88. The molecule has 0 aromatic carbocycles. The Morgan fingerprint density at radius 1 is 1.25 bits per heavy atom. The summed E-state index contributed by atoms with van der Waals surface area (Å²) in [5, 5.41) is 3.26. The van der Waals surface area contributed by atoms with E-state index >= 15 is 0 Å². The molecule has 1 saturated carbocycles. The van der Waals surface area contributed by atoms with Gasteiger partial charge in [-0.2, -0.15) is 11.8 Å². The third-order valence-electron chi connectivity index (χ3n) is 3.59. The zero-order valence-corrected chi connectivity index (χ0v) is 11.2. The van der Waals surface area contributed by atoms with E-state index < -0.39 is 0 Å². The van der Waals surface area contributed by atoms with Gasteiger partial charge in [0.1, 0.15) is 0 Å². The summed E-state index contributed by atoms with van der Waals surface area (Å²) >= 11 is 8.15. The molecule has 2 atom stereocenters. The predicted octanol–water partition coefficient (Wildman–Crippen LogP) is 2.80. The highest BCUT2D eigenvalue weighted by Crippen LogP contribution is 2.27. The number of thioether (sulfide) groups is 1. The molecule has 1 saturated heterocycles. The topological polar surface area (TPSA) is 29.1 Å². The Hall–Kier alpha value is 0.110. The molecule has 2 aliphatic rings. The van der Waals surface area contributed by atoms with Gasteiger partial charge in [-0.25, -0.2) is 0 Å². The summed E-state index contributed by atoms with van der Waals surface area (Å²) < 4.78 is 0. The van der Waals surface area contributed by atoms with Crippen LogP contribution in [0.5, 0.6) is 0 Å². The van der Waals surface area contributed by atoms with Gasteiger partial charge in [-0.1, -0.05) is 0 Å². The van der Waals surface area contributed by atoms with Crippen molar-refractivity contribution >= 4 is 29.3 Å². The molecule has 16 heavy (non-hydrogen) atoms. The molecule has 2 nitrogen and oxygen atoms in total. The van der Waals surface area contributed by atoms with Gasteiger partial charge in [-0.15, -0.1) is 11.6 Å². The van der Waals surface area contributed by atoms with Gasteiger partial charge in [-0.05, 0) is 49.5 Å². The number of hydrogen-bond acceptors (Lipinski definition) is 2. The van der Waals surface area contributed by atoms with E-state index in [9.17, 15) is 4.79 Å². The van der Waals surface area contributed by atoms with E-state index in [0.717, 1.165) is 19.3 Å². The summed E-state index contributed by atoms with van der Waals surface area (Å²) in [5.74, 6) is 3.27. The Labute approximate surface area is 107 Å². The number of nitrogens with one attached hydrogen (secondary N) is 1. The van der Waals surface area contributed by atoms with Crippen molar-refractivity contribution in [3.8, 4) is 0 Å². The highest BCUT2D eigenvalue weighted by molar-refractivity contribution is 7.99. The molecule has 1 aliphatic heterocycles. The van der Waals surface area contributed by atoms with Crippen LogP contribution < -0.4 is 5.32 Å². The molecule has 2 rings (SSSR count). The molecule has 92 valence electrons. The molecule has 0 spiro atoms. The Morgan fingerprint density at radius 3 is 2.62 bits per heavy atom. The first-order valence-corrected chi connectivity index (χ1v) is 7.86. The number of halogens is 1.